The van der Waals surface area contributed by atoms with Crippen molar-refractivity contribution in [1.29, 1.82) is 0 Å². The summed E-state index contributed by atoms with van der Waals surface area (Å²) in [4.78, 5) is 28.3. The summed E-state index contributed by atoms with van der Waals surface area (Å²) in [5, 5.41) is 10.8. The number of rotatable bonds is 4. The highest BCUT2D eigenvalue weighted by Crippen LogP contribution is 2.12. The molecule has 1 fully saturated rings. The number of carbonyl (C=O) groups is 2. The van der Waals surface area contributed by atoms with Crippen molar-refractivity contribution in [3.05, 3.63) is 40.8 Å². The van der Waals surface area contributed by atoms with E-state index < -0.39 is 0 Å². The van der Waals surface area contributed by atoms with Gasteiger partial charge >= 0.3 is 6.03 Å². The summed E-state index contributed by atoms with van der Waals surface area (Å²) in [6.45, 7) is 3.67. The Kier molecular flexibility index (Phi) is 5.47. The van der Waals surface area contributed by atoms with Crippen LogP contribution in [0.1, 0.15) is 16.8 Å². The molecule has 3 amide bonds. The molecule has 0 radical (unpaired) electrons. The first-order valence-corrected chi connectivity index (χ1v) is 9.00. The highest BCUT2D eigenvalue weighted by molar-refractivity contribution is 7.08. The Balaban J connectivity index is 1.46. The molecule has 1 aliphatic heterocycles. The number of hydrogen-bond acceptors (Lipinski definition) is 4. The van der Waals surface area contributed by atoms with Crippen molar-refractivity contribution in [3.8, 4) is 0 Å². The number of urea groups is 1. The van der Waals surface area contributed by atoms with E-state index in [2.05, 4.69) is 10.4 Å². The van der Waals surface area contributed by atoms with Gasteiger partial charge in [-0.05, 0) is 23.9 Å². The normalized spacial score (nSPS) is 15.2. The van der Waals surface area contributed by atoms with E-state index in [0.717, 1.165) is 12.0 Å². The van der Waals surface area contributed by atoms with Crippen LogP contribution in [0.5, 0.6) is 0 Å². The summed E-state index contributed by atoms with van der Waals surface area (Å²) in [6.07, 6.45) is 4.38. The lowest BCUT2D eigenvalue weighted by Crippen LogP contribution is -2.43. The van der Waals surface area contributed by atoms with E-state index >= 15 is 0 Å². The summed E-state index contributed by atoms with van der Waals surface area (Å²) < 4.78 is 1.78. The minimum absolute atomic E-state index is 0.0530. The smallest absolute Gasteiger partial charge is 0.317 e. The molecular weight excluding hydrogens is 326 g/mol. The molecule has 2 aromatic rings. The third-order valence-electron chi connectivity index (χ3n) is 4.01. The molecule has 1 N–H and O–H groups in total. The second kappa shape index (κ2) is 7.96. The van der Waals surface area contributed by atoms with Gasteiger partial charge in [0.15, 0.2) is 0 Å². The molecular formula is C16H21N5O2S. The zero-order valence-electron chi connectivity index (χ0n) is 13.4. The average Bonchev–Trinajstić information content (AvgIpc) is 3.24. The Morgan fingerprint density at radius 1 is 1.21 bits per heavy atom. The summed E-state index contributed by atoms with van der Waals surface area (Å²) in [5.41, 5.74) is 0.733. The van der Waals surface area contributed by atoms with E-state index in [9.17, 15) is 9.59 Å². The lowest BCUT2D eigenvalue weighted by Gasteiger charge is -2.22. The number of aromatic nitrogens is 2. The van der Waals surface area contributed by atoms with E-state index in [-0.39, 0.29) is 11.9 Å². The van der Waals surface area contributed by atoms with E-state index in [1.165, 1.54) is 11.3 Å². The van der Waals surface area contributed by atoms with Crippen LogP contribution in [-0.2, 0) is 6.54 Å². The third kappa shape index (κ3) is 4.14. The quantitative estimate of drug-likeness (QED) is 0.911. The fourth-order valence-corrected chi connectivity index (χ4v) is 3.34. The van der Waals surface area contributed by atoms with Crippen molar-refractivity contribution in [1.82, 2.24) is 24.9 Å². The molecule has 128 valence electrons. The van der Waals surface area contributed by atoms with Crippen molar-refractivity contribution < 1.29 is 9.59 Å². The Morgan fingerprint density at radius 3 is 2.79 bits per heavy atom. The molecule has 7 nitrogen and oxygen atoms in total. The van der Waals surface area contributed by atoms with E-state index in [4.69, 9.17) is 0 Å². The van der Waals surface area contributed by atoms with Gasteiger partial charge in [0.05, 0.1) is 12.1 Å². The predicted octanol–water partition coefficient (Wildman–Crippen LogP) is 1.50. The van der Waals surface area contributed by atoms with Crippen LogP contribution in [-0.4, -0.2) is 64.2 Å². The molecule has 3 heterocycles. The molecule has 0 aliphatic carbocycles. The zero-order valence-corrected chi connectivity index (χ0v) is 14.2. The molecule has 2 aromatic heterocycles. The minimum atomic E-state index is -0.0769. The Hall–Kier alpha value is -2.35. The van der Waals surface area contributed by atoms with E-state index in [1.54, 1.807) is 15.8 Å². The first-order valence-electron chi connectivity index (χ1n) is 8.06. The van der Waals surface area contributed by atoms with Crippen LogP contribution in [0.3, 0.4) is 0 Å². The highest BCUT2D eigenvalue weighted by Gasteiger charge is 2.22. The van der Waals surface area contributed by atoms with Crippen LogP contribution >= 0.6 is 11.3 Å². The Labute approximate surface area is 144 Å². The number of nitrogens with one attached hydrogen (secondary N) is 1. The van der Waals surface area contributed by atoms with Gasteiger partial charge in [-0.2, -0.15) is 16.4 Å². The maximum Gasteiger partial charge on any atom is 0.317 e. The van der Waals surface area contributed by atoms with Crippen molar-refractivity contribution in [2.24, 2.45) is 0 Å². The zero-order chi connectivity index (χ0) is 16.8. The average molecular weight is 347 g/mol. The molecule has 8 heteroatoms. The van der Waals surface area contributed by atoms with Gasteiger partial charge in [-0.1, -0.05) is 0 Å². The first-order chi connectivity index (χ1) is 11.7. The molecule has 0 spiro atoms. The van der Waals surface area contributed by atoms with Gasteiger partial charge in [0.2, 0.25) is 0 Å². The largest absolute Gasteiger partial charge is 0.337 e. The van der Waals surface area contributed by atoms with Crippen LogP contribution in [0.25, 0.3) is 0 Å². The van der Waals surface area contributed by atoms with Crippen molar-refractivity contribution in [3.63, 3.8) is 0 Å². The molecule has 0 saturated carbocycles. The maximum atomic E-state index is 12.4. The number of hydrogen-bond donors (Lipinski definition) is 1. The lowest BCUT2D eigenvalue weighted by molar-refractivity contribution is 0.0763. The second-order valence-electron chi connectivity index (χ2n) is 5.65. The van der Waals surface area contributed by atoms with Gasteiger partial charge in [0.25, 0.3) is 5.91 Å². The fourth-order valence-electron chi connectivity index (χ4n) is 2.71. The molecule has 0 unspecified atom stereocenters. The molecule has 24 heavy (non-hydrogen) atoms. The SMILES string of the molecule is O=C(NCCn1cccn1)N1CCCN(C(=O)c2ccsc2)CC1. The summed E-state index contributed by atoms with van der Waals surface area (Å²) in [5.74, 6) is 0.0530. The number of nitrogens with zero attached hydrogens (tertiary/aromatic N) is 4. The summed E-state index contributed by atoms with van der Waals surface area (Å²) in [6, 6.07) is 3.62. The third-order valence-corrected chi connectivity index (χ3v) is 4.70. The van der Waals surface area contributed by atoms with Crippen molar-refractivity contribution in [2.45, 2.75) is 13.0 Å². The predicted molar refractivity (Wildman–Crippen MR) is 92.0 cm³/mol. The van der Waals surface area contributed by atoms with Crippen LogP contribution in [0.4, 0.5) is 4.79 Å². The van der Waals surface area contributed by atoms with Gasteiger partial charge in [-0.3, -0.25) is 9.48 Å². The van der Waals surface area contributed by atoms with Gasteiger partial charge < -0.3 is 15.1 Å². The second-order valence-corrected chi connectivity index (χ2v) is 6.43. The number of thiophene rings is 1. The standard InChI is InChI=1S/C16H21N5O2S/c22-15(14-3-12-24-13-14)19-6-2-7-20(11-10-19)16(23)17-5-9-21-8-1-4-18-21/h1,3-4,8,12-13H,2,5-7,9-11H2,(H,17,23). The van der Waals surface area contributed by atoms with Crippen molar-refractivity contribution >= 4 is 23.3 Å². The summed E-state index contributed by atoms with van der Waals surface area (Å²) in [7, 11) is 0. The molecule has 0 atom stereocenters. The molecule has 0 aromatic carbocycles. The van der Waals surface area contributed by atoms with Crippen LogP contribution in [0, 0.1) is 0 Å². The molecule has 1 aliphatic rings. The Morgan fingerprint density at radius 2 is 2.04 bits per heavy atom. The van der Waals surface area contributed by atoms with Gasteiger partial charge in [-0.15, -0.1) is 0 Å². The molecule has 0 bridgehead atoms. The van der Waals surface area contributed by atoms with E-state index in [0.29, 0.717) is 39.3 Å². The number of amides is 3. The van der Waals surface area contributed by atoms with Gasteiger partial charge in [-0.25, -0.2) is 4.79 Å². The molecule has 1 saturated heterocycles. The lowest BCUT2D eigenvalue weighted by atomic mass is 10.3. The van der Waals surface area contributed by atoms with E-state index in [1.807, 2.05) is 34.0 Å². The fraction of sp³-hybridized carbons (Fsp3) is 0.438. The Bertz CT molecular complexity index is 656. The van der Waals surface area contributed by atoms with Crippen LogP contribution in [0.15, 0.2) is 35.3 Å². The van der Waals surface area contributed by atoms with Crippen LogP contribution in [0.2, 0.25) is 0 Å². The number of carbonyl (C=O) groups excluding carboxylic acids is 2. The van der Waals surface area contributed by atoms with Gasteiger partial charge in [0.1, 0.15) is 0 Å². The topological polar surface area (TPSA) is 70.5 Å². The first kappa shape index (κ1) is 16.5. The maximum absolute atomic E-state index is 12.4. The minimum Gasteiger partial charge on any atom is -0.337 e. The summed E-state index contributed by atoms with van der Waals surface area (Å²) >= 11 is 1.52. The van der Waals surface area contributed by atoms with Crippen LogP contribution < -0.4 is 5.32 Å². The highest BCUT2D eigenvalue weighted by atomic mass is 32.1. The monoisotopic (exact) mass is 347 g/mol. The molecule has 3 rings (SSSR count). The van der Waals surface area contributed by atoms with Gasteiger partial charge in [0, 0.05) is 50.5 Å². The van der Waals surface area contributed by atoms with Crippen molar-refractivity contribution in [2.75, 3.05) is 32.7 Å².